The number of amides is 1. The molecule has 0 N–H and O–H groups in total. The van der Waals surface area contributed by atoms with Crippen LogP contribution in [0, 0.1) is 0 Å². The molecular weight excluding hydrogens is 370 g/mol. The topological polar surface area (TPSA) is 72.9 Å². The zero-order chi connectivity index (χ0) is 19.2. The lowest BCUT2D eigenvalue weighted by Crippen LogP contribution is -2.24. The Morgan fingerprint density at radius 2 is 1.89 bits per heavy atom. The molecule has 1 aliphatic heterocycles. The third-order valence-electron chi connectivity index (χ3n) is 4.07. The molecule has 27 heavy (non-hydrogen) atoms. The summed E-state index contributed by atoms with van der Waals surface area (Å²) in [4.78, 5) is 37.5. The van der Waals surface area contributed by atoms with Crippen LogP contribution >= 0.6 is 11.6 Å². The van der Waals surface area contributed by atoms with E-state index in [1.807, 2.05) is 0 Å². The van der Waals surface area contributed by atoms with Crippen LogP contribution < -0.4 is 9.64 Å². The van der Waals surface area contributed by atoms with Gasteiger partial charge in [-0.3, -0.25) is 9.59 Å². The Balaban J connectivity index is 1.51. The molecule has 1 aliphatic rings. The van der Waals surface area contributed by atoms with Crippen molar-refractivity contribution in [3.8, 4) is 5.75 Å². The summed E-state index contributed by atoms with van der Waals surface area (Å²) in [6.45, 7) is -0.0720. The first kappa shape index (κ1) is 18.9. The van der Waals surface area contributed by atoms with E-state index in [0.717, 1.165) is 6.42 Å². The summed E-state index contributed by atoms with van der Waals surface area (Å²) in [6.07, 6.45) is 1.32. The van der Waals surface area contributed by atoms with E-state index >= 15 is 0 Å². The fourth-order valence-electron chi connectivity index (χ4n) is 2.74. The van der Waals surface area contributed by atoms with E-state index in [-0.39, 0.29) is 18.3 Å². The van der Waals surface area contributed by atoms with E-state index in [4.69, 9.17) is 21.1 Å². The predicted octanol–water partition coefficient (Wildman–Crippen LogP) is 3.27. The lowest BCUT2D eigenvalue weighted by Gasteiger charge is -2.16. The molecule has 0 spiro atoms. The van der Waals surface area contributed by atoms with Crippen LogP contribution in [0.4, 0.5) is 5.69 Å². The van der Waals surface area contributed by atoms with Crippen molar-refractivity contribution in [3.05, 3.63) is 59.1 Å². The lowest BCUT2D eigenvalue weighted by atomic mass is 10.1. The molecule has 2 aromatic carbocycles. The highest BCUT2D eigenvalue weighted by Crippen LogP contribution is 2.22. The highest BCUT2D eigenvalue weighted by atomic mass is 35.5. The average Bonchev–Trinajstić information content (AvgIpc) is 3.10. The quantitative estimate of drug-likeness (QED) is 0.538. The van der Waals surface area contributed by atoms with E-state index in [2.05, 4.69) is 0 Å². The number of ether oxygens (including phenoxy) is 2. The van der Waals surface area contributed by atoms with Crippen molar-refractivity contribution in [1.29, 1.82) is 0 Å². The molecule has 0 radical (unpaired) electrons. The van der Waals surface area contributed by atoms with Crippen molar-refractivity contribution < 1.29 is 23.9 Å². The molecule has 0 saturated carbocycles. The molecule has 1 amide bonds. The number of hydrogen-bond donors (Lipinski definition) is 0. The second-order valence-corrected chi connectivity index (χ2v) is 6.47. The largest absolute Gasteiger partial charge is 0.482 e. The van der Waals surface area contributed by atoms with E-state index in [1.165, 1.54) is 0 Å². The molecule has 140 valence electrons. The number of anilines is 1. The molecule has 1 saturated heterocycles. The summed E-state index contributed by atoms with van der Waals surface area (Å²) in [5, 5.41) is 0.493. The zero-order valence-electron chi connectivity index (χ0n) is 14.5. The molecular formula is C20H18ClNO5. The first-order valence-electron chi connectivity index (χ1n) is 8.50. The number of esters is 1. The average molecular weight is 388 g/mol. The number of hydrogen-bond acceptors (Lipinski definition) is 5. The van der Waals surface area contributed by atoms with Gasteiger partial charge in [-0.15, -0.1) is 0 Å². The molecule has 0 bridgehead atoms. The van der Waals surface area contributed by atoms with Crippen LogP contribution in [-0.4, -0.2) is 37.4 Å². The molecule has 3 rings (SSSR count). The SMILES string of the molecule is O=C(COc1cccc(Cl)c1)OCC(=O)c1cccc(N2CCCC2=O)c1. The van der Waals surface area contributed by atoms with E-state index in [1.54, 1.807) is 53.4 Å². The van der Waals surface area contributed by atoms with Crippen LogP contribution in [0.5, 0.6) is 5.75 Å². The van der Waals surface area contributed by atoms with Crippen LogP contribution in [-0.2, 0) is 14.3 Å². The number of carbonyl (C=O) groups excluding carboxylic acids is 3. The third kappa shape index (κ3) is 5.08. The Morgan fingerprint density at radius 1 is 1.07 bits per heavy atom. The number of ketones is 1. The van der Waals surface area contributed by atoms with Crippen molar-refractivity contribution in [1.82, 2.24) is 0 Å². The van der Waals surface area contributed by atoms with Crippen molar-refractivity contribution in [2.75, 3.05) is 24.7 Å². The summed E-state index contributed by atoms with van der Waals surface area (Å²) in [5.41, 5.74) is 1.06. The molecule has 0 aliphatic carbocycles. The van der Waals surface area contributed by atoms with Crippen LogP contribution in [0.3, 0.4) is 0 Å². The second-order valence-electron chi connectivity index (χ2n) is 6.03. The summed E-state index contributed by atoms with van der Waals surface area (Å²) in [6, 6.07) is 13.4. The Hall–Kier alpha value is -2.86. The fraction of sp³-hybridized carbons (Fsp3) is 0.250. The fourth-order valence-corrected chi connectivity index (χ4v) is 2.92. The summed E-state index contributed by atoms with van der Waals surface area (Å²) >= 11 is 5.83. The second kappa shape index (κ2) is 8.68. The number of rotatable bonds is 7. The Kier molecular flexibility index (Phi) is 6.08. The van der Waals surface area contributed by atoms with Crippen LogP contribution in [0.25, 0.3) is 0 Å². The number of carbonyl (C=O) groups is 3. The molecule has 1 heterocycles. The van der Waals surface area contributed by atoms with E-state index in [0.29, 0.717) is 35.0 Å². The minimum Gasteiger partial charge on any atom is -0.482 e. The molecule has 2 aromatic rings. The summed E-state index contributed by atoms with van der Waals surface area (Å²) < 4.78 is 10.2. The van der Waals surface area contributed by atoms with Gasteiger partial charge in [0.05, 0.1) is 0 Å². The summed E-state index contributed by atoms with van der Waals surface area (Å²) in [7, 11) is 0. The van der Waals surface area contributed by atoms with Gasteiger partial charge in [-0.25, -0.2) is 4.79 Å². The smallest absolute Gasteiger partial charge is 0.344 e. The summed E-state index contributed by atoms with van der Waals surface area (Å²) in [5.74, 6) is -0.522. The highest BCUT2D eigenvalue weighted by Gasteiger charge is 2.22. The minimum absolute atomic E-state index is 0.0455. The van der Waals surface area contributed by atoms with Gasteiger partial charge < -0.3 is 14.4 Å². The first-order valence-corrected chi connectivity index (χ1v) is 8.88. The maximum absolute atomic E-state index is 12.3. The van der Waals surface area contributed by atoms with Crippen molar-refractivity contribution in [3.63, 3.8) is 0 Å². The van der Waals surface area contributed by atoms with Gasteiger partial charge in [0.25, 0.3) is 0 Å². The number of halogens is 1. The van der Waals surface area contributed by atoms with Gasteiger partial charge in [0.15, 0.2) is 19.0 Å². The van der Waals surface area contributed by atoms with Crippen LogP contribution in [0.15, 0.2) is 48.5 Å². The Labute approximate surface area is 161 Å². The van der Waals surface area contributed by atoms with Gasteiger partial charge in [0.1, 0.15) is 5.75 Å². The van der Waals surface area contributed by atoms with Crippen molar-refractivity contribution in [2.45, 2.75) is 12.8 Å². The molecule has 6 nitrogen and oxygen atoms in total. The highest BCUT2D eigenvalue weighted by molar-refractivity contribution is 6.30. The molecule has 0 aromatic heterocycles. The maximum atomic E-state index is 12.3. The normalized spacial score (nSPS) is 13.5. The standard InChI is InChI=1S/C20H18ClNO5/c21-15-5-2-7-17(11-15)26-13-20(25)27-12-18(23)14-4-1-6-16(10-14)22-9-3-8-19(22)24/h1-2,4-7,10-11H,3,8-9,12-13H2. The van der Waals surface area contributed by atoms with Gasteiger partial charge in [-0.2, -0.15) is 0 Å². The third-order valence-corrected chi connectivity index (χ3v) is 4.31. The Bertz CT molecular complexity index is 867. The zero-order valence-corrected chi connectivity index (χ0v) is 15.3. The maximum Gasteiger partial charge on any atom is 0.344 e. The molecule has 0 atom stereocenters. The lowest BCUT2D eigenvalue weighted by molar-refractivity contribution is -0.144. The van der Waals surface area contributed by atoms with E-state index < -0.39 is 12.6 Å². The molecule has 0 unspecified atom stereocenters. The monoisotopic (exact) mass is 387 g/mol. The van der Waals surface area contributed by atoms with Gasteiger partial charge in [0.2, 0.25) is 5.91 Å². The van der Waals surface area contributed by atoms with Gasteiger partial charge in [-0.1, -0.05) is 29.8 Å². The Morgan fingerprint density at radius 3 is 2.63 bits per heavy atom. The predicted molar refractivity (Wildman–Crippen MR) is 100 cm³/mol. The minimum atomic E-state index is -0.658. The van der Waals surface area contributed by atoms with Crippen molar-refractivity contribution in [2.24, 2.45) is 0 Å². The molecule has 7 heteroatoms. The molecule has 1 fully saturated rings. The first-order chi connectivity index (χ1) is 13.0. The van der Waals surface area contributed by atoms with E-state index in [9.17, 15) is 14.4 Å². The van der Waals surface area contributed by atoms with Crippen molar-refractivity contribution >= 4 is 34.9 Å². The number of nitrogens with zero attached hydrogens (tertiary/aromatic N) is 1. The number of Topliss-reactive ketones (excluding diaryl/α,β-unsaturated/α-hetero) is 1. The van der Waals surface area contributed by atoms with Gasteiger partial charge >= 0.3 is 5.97 Å². The van der Waals surface area contributed by atoms with Gasteiger partial charge in [-0.05, 0) is 36.8 Å². The number of benzene rings is 2. The van der Waals surface area contributed by atoms with Gasteiger partial charge in [0, 0.05) is 29.2 Å². The van der Waals surface area contributed by atoms with Crippen LogP contribution in [0.2, 0.25) is 5.02 Å². The van der Waals surface area contributed by atoms with Crippen LogP contribution in [0.1, 0.15) is 23.2 Å².